The molecule has 0 saturated heterocycles. The molecule has 2 aromatic carbocycles. The van der Waals surface area contributed by atoms with E-state index in [1.165, 1.54) is 35.2 Å². The van der Waals surface area contributed by atoms with Gasteiger partial charge in [0.15, 0.2) is 4.34 Å². The van der Waals surface area contributed by atoms with Crippen molar-refractivity contribution < 1.29 is 14.5 Å². The Morgan fingerprint density at radius 1 is 1.22 bits per heavy atom. The van der Waals surface area contributed by atoms with Gasteiger partial charge in [0.05, 0.1) is 10.5 Å². The number of nitro benzene ring substituents is 1. The van der Waals surface area contributed by atoms with Crippen molar-refractivity contribution >= 4 is 34.8 Å². The Hall–Kier alpha value is -2.71. The molecule has 0 aliphatic rings. The highest BCUT2D eigenvalue weighted by Gasteiger charge is 2.20. The quantitative estimate of drug-likeness (QED) is 0.322. The number of ether oxygens (including phenoxy) is 1. The largest absolute Gasteiger partial charge is 0.457 e. The molecule has 0 saturated carbocycles. The number of thiazole rings is 1. The van der Waals surface area contributed by atoms with Crippen LogP contribution in [0.4, 0.5) is 5.69 Å². The number of hydrogen-bond acceptors (Lipinski definition) is 7. The van der Waals surface area contributed by atoms with Crippen molar-refractivity contribution in [3.63, 3.8) is 0 Å². The van der Waals surface area contributed by atoms with Crippen molar-refractivity contribution in [1.82, 2.24) is 4.98 Å². The molecule has 0 atom stereocenters. The van der Waals surface area contributed by atoms with Gasteiger partial charge in [-0.25, -0.2) is 9.78 Å². The molecule has 0 aliphatic carbocycles. The normalized spacial score (nSPS) is 10.6. The predicted molar refractivity (Wildman–Crippen MR) is 104 cm³/mol. The van der Waals surface area contributed by atoms with Crippen LogP contribution in [0.5, 0.6) is 0 Å². The summed E-state index contributed by atoms with van der Waals surface area (Å²) in [5.41, 5.74) is 2.85. The summed E-state index contributed by atoms with van der Waals surface area (Å²) in [7, 11) is 0. The highest BCUT2D eigenvalue weighted by molar-refractivity contribution is 8.01. The smallest absolute Gasteiger partial charge is 0.339 e. The second-order valence-electron chi connectivity index (χ2n) is 5.86. The first kappa shape index (κ1) is 19.1. The zero-order chi connectivity index (χ0) is 19.4. The minimum atomic E-state index is -0.602. The van der Waals surface area contributed by atoms with Crippen LogP contribution in [0.2, 0.25) is 0 Å². The minimum Gasteiger partial charge on any atom is -0.457 e. The van der Waals surface area contributed by atoms with E-state index in [0.29, 0.717) is 4.90 Å². The monoisotopic (exact) mass is 400 g/mol. The van der Waals surface area contributed by atoms with Crippen molar-refractivity contribution in [2.75, 3.05) is 0 Å². The summed E-state index contributed by atoms with van der Waals surface area (Å²) in [5.74, 6) is -0.602. The molecule has 0 radical (unpaired) electrons. The number of carbonyl (C=O) groups is 1. The highest BCUT2D eigenvalue weighted by atomic mass is 32.2. The van der Waals surface area contributed by atoms with Crippen molar-refractivity contribution in [2.24, 2.45) is 0 Å². The van der Waals surface area contributed by atoms with E-state index < -0.39 is 10.9 Å². The number of carbonyl (C=O) groups excluding carboxylic acids is 1. The topological polar surface area (TPSA) is 82.3 Å². The first-order valence-corrected chi connectivity index (χ1v) is 9.73. The van der Waals surface area contributed by atoms with E-state index in [4.69, 9.17) is 4.74 Å². The number of rotatable bonds is 6. The SMILES string of the molecule is Cc1ccc(COC(=O)c2cc([N+](=O)[O-])ccc2Sc2nc(C)cs2)cc1. The Labute approximate surface area is 164 Å². The number of benzene rings is 2. The van der Waals surface area contributed by atoms with Crippen LogP contribution in [0.25, 0.3) is 0 Å². The molecule has 0 aliphatic heterocycles. The number of non-ortho nitro benzene ring substituents is 1. The van der Waals surface area contributed by atoms with E-state index in [-0.39, 0.29) is 17.9 Å². The summed E-state index contributed by atoms with van der Waals surface area (Å²) >= 11 is 2.74. The van der Waals surface area contributed by atoms with Gasteiger partial charge in [-0.05, 0) is 25.5 Å². The summed E-state index contributed by atoms with van der Waals surface area (Å²) in [4.78, 5) is 28.1. The third-order valence-corrected chi connectivity index (χ3v) is 5.81. The van der Waals surface area contributed by atoms with Crippen molar-refractivity contribution in [3.8, 4) is 0 Å². The highest BCUT2D eigenvalue weighted by Crippen LogP contribution is 2.34. The van der Waals surface area contributed by atoms with Crippen LogP contribution in [0.1, 0.15) is 27.2 Å². The van der Waals surface area contributed by atoms with Crippen LogP contribution >= 0.6 is 23.1 Å². The van der Waals surface area contributed by atoms with Crippen molar-refractivity contribution in [1.29, 1.82) is 0 Å². The van der Waals surface area contributed by atoms with Crippen LogP contribution in [0.15, 0.2) is 57.1 Å². The summed E-state index contributed by atoms with van der Waals surface area (Å²) < 4.78 is 6.14. The molecule has 8 heteroatoms. The molecule has 3 rings (SSSR count). The van der Waals surface area contributed by atoms with Gasteiger partial charge in [0.1, 0.15) is 6.61 Å². The van der Waals surface area contributed by atoms with Gasteiger partial charge in [0.2, 0.25) is 0 Å². The molecule has 3 aromatic rings. The number of hydrogen-bond donors (Lipinski definition) is 0. The van der Waals surface area contributed by atoms with E-state index in [1.807, 2.05) is 43.5 Å². The molecule has 0 bridgehead atoms. The van der Waals surface area contributed by atoms with Crippen molar-refractivity contribution in [3.05, 3.63) is 80.3 Å². The fraction of sp³-hybridized carbons (Fsp3) is 0.158. The fourth-order valence-electron chi connectivity index (χ4n) is 2.26. The number of aryl methyl sites for hydroxylation is 2. The number of esters is 1. The molecule has 0 unspecified atom stereocenters. The molecule has 0 spiro atoms. The lowest BCUT2D eigenvalue weighted by Gasteiger charge is -2.09. The average Bonchev–Trinajstić information content (AvgIpc) is 3.06. The van der Waals surface area contributed by atoms with Gasteiger partial charge in [0, 0.05) is 28.1 Å². The van der Waals surface area contributed by atoms with E-state index in [9.17, 15) is 14.9 Å². The molecule has 0 fully saturated rings. The summed E-state index contributed by atoms with van der Waals surface area (Å²) in [6.07, 6.45) is 0. The first-order valence-electron chi connectivity index (χ1n) is 8.03. The summed E-state index contributed by atoms with van der Waals surface area (Å²) in [6, 6.07) is 11.8. The van der Waals surface area contributed by atoms with Gasteiger partial charge in [0.25, 0.3) is 5.69 Å². The Bertz CT molecular complexity index is 984. The third kappa shape index (κ3) is 4.93. The summed E-state index contributed by atoms with van der Waals surface area (Å²) in [5, 5.41) is 13.0. The van der Waals surface area contributed by atoms with E-state index in [2.05, 4.69) is 4.98 Å². The molecular weight excluding hydrogens is 384 g/mol. The van der Waals surface area contributed by atoms with Gasteiger partial charge < -0.3 is 4.74 Å². The molecule has 6 nitrogen and oxygen atoms in total. The lowest BCUT2D eigenvalue weighted by Crippen LogP contribution is -2.07. The Morgan fingerprint density at radius 3 is 2.59 bits per heavy atom. The van der Waals surface area contributed by atoms with E-state index in [1.54, 1.807) is 6.07 Å². The molecular formula is C19H16N2O4S2. The second kappa shape index (κ2) is 8.32. The zero-order valence-electron chi connectivity index (χ0n) is 14.7. The molecule has 0 N–H and O–H groups in total. The lowest BCUT2D eigenvalue weighted by molar-refractivity contribution is -0.384. The van der Waals surface area contributed by atoms with Gasteiger partial charge >= 0.3 is 5.97 Å². The second-order valence-corrected chi connectivity index (χ2v) is 8.00. The van der Waals surface area contributed by atoms with Crippen molar-refractivity contribution in [2.45, 2.75) is 29.7 Å². The van der Waals surface area contributed by atoms with Crippen LogP contribution in [0, 0.1) is 24.0 Å². The standard InChI is InChI=1S/C19H16N2O4S2/c1-12-3-5-14(6-4-12)10-25-18(22)16-9-15(21(23)24)7-8-17(16)27-19-20-13(2)11-26-19/h3-9,11H,10H2,1-2H3. The average molecular weight is 400 g/mol. The Morgan fingerprint density at radius 2 is 1.96 bits per heavy atom. The molecule has 1 aromatic heterocycles. The van der Waals surface area contributed by atoms with Crippen LogP contribution in [-0.4, -0.2) is 15.9 Å². The first-order chi connectivity index (χ1) is 12.9. The minimum absolute atomic E-state index is 0.0995. The molecule has 138 valence electrons. The lowest BCUT2D eigenvalue weighted by atomic mass is 10.1. The van der Waals surface area contributed by atoms with Gasteiger partial charge in [-0.1, -0.05) is 41.6 Å². The van der Waals surface area contributed by atoms with E-state index >= 15 is 0 Å². The number of nitro groups is 1. The zero-order valence-corrected chi connectivity index (χ0v) is 16.3. The Kier molecular flexibility index (Phi) is 5.88. The van der Waals surface area contributed by atoms with Gasteiger partial charge in [-0.15, -0.1) is 11.3 Å². The maximum Gasteiger partial charge on any atom is 0.339 e. The van der Waals surface area contributed by atoms with Crippen LogP contribution < -0.4 is 0 Å². The molecule has 1 heterocycles. The molecule has 27 heavy (non-hydrogen) atoms. The van der Waals surface area contributed by atoms with Crippen LogP contribution in [0.3, 0.4) is 0 Å². The maximum atomic E-state index is 12.6. The Balaban J connectivity index is 1.83. The maximum absolute atomic E-state index is 12.6. The predicted octanol–water partition coefficient (Wildman–Crippen LogP) is 5.18. The van der Waals surface area contributed by atoms with Crippen LogP contribution in [-0.2, 0) is 11.3 Å². The fourth-order valence-corrected chi connectivity index (χ4v) is 4.16. The van der Waals surface area contributed by atoms with Gasteiger partial charge in [-0.2, -0.15) is 0 Å². The van der Waals surface area contributed by atoms with Gasteiger partial charge in [-0.3, -0.25) is 10.1 Å². The third-order valence-electron chi connectivity index (χ3n) is 3.68. The number of aromatic nitrogens is 1. The summed E-state index contributed by atoms with van der Waals surface area (Å²) in [6.45, 7) is 3.96. The number of nitrogens with zero attached hydrogens (tertiary/aromatic N) is 2. The molecule has 0 amide bonds. The van der Waals surface area contributed by atoms with E-state index in [0.717, 1.165) is 21.2 Å².